The lowest BCUT2D eigenvalue weighted by molar-refractivity contribution is -0.0500. The Labute approximate surface area is 165 Å². The summed E-state index contributed by atoms with van der Waals surface area (Å²) in [7, 11) is 0. The highest BCUT2D eigenvalue weighted by molar-refractivity contribution is 5.85. The molecular weight excluding hydrogens is 364 g/mol. The molecule has 2 heterocycles. The molecule has 1 atom stereocenters. The molecule has 5 nitrogen and oxygen atoms in total. The molecule has 2 N–H and O–H groups in total. The van der Waals surface area contributed by atoms with E-state index in [1.807, 2.05) is 36.4 Å². The molecule has 6 heteroatoms. The average Bonchev–Trinajstić information content (AvgIpc) is 2.68. The zero-order valence-corrected chi connectivity index (χ0v) is 16.0. The van der Waals surface area contributed by atoms with Crippen LogP contribution in [-0.4, -0.2) is 31.3 Å². The van der Waals surface area contributed by atoms with Crippen LogP contribution in [0.25, 0.3) is 0 Å². The predicted octanol–water partition coefficient (Wildman–Crippen LogP) is 3.63. The third kappa shape index (κ3) is 4.20. The van der Waals surface area contributed by atoms with E-state index in [2.05, 4.69) is 28.8 Å². The fourth-order valence-electron chi connectivity index (χ4n) is 3.99. The summed E-state index contributed by atoms with van der Waals surface area (Å²) in [6.07, 6.45) is 1.32. The van der Waals surface area contributed by atoms with Gasteiger partial charge in [0.2, 0.25) is 0 Å². The van der Waals surface area contributed by atoms with Crippen molar-refractivity contribution >= 4 is 18.5 Å². The fourth-order valence-corrected chi connectivity index (χ4v) is 3.99. The second kappa shape index (κ2) is 8.63. The number of carbonyl (C=O) groups is 1. The van der Waals surface area contributed by atoms with E-state index < -0.39 is 5.60 Å². The first kappa shape index (κ1) is 19.5. The van der Waals surface area contributed by atoms with Crippen LogP contribution < -0.4 is 15.4 Å². The Kier molecular flexibility index (Phi) is 6.24. The third-order valence-corrected chi connectivity index (χ3v) is 5.36. The molecule has 0 radical (unpaired) electrons. The van der Waals surface area contributed by atoms with E-state index in [9.17, 15) is 4.79 Å². The van der Waals surface area contributed by atoms with Crippen LogP contribution >= 0.6 is 12.4 Å². The second-order valence-corrected chi connectivity index (χ2v) is 6.95. The van der Waals surface area contributed by atoms with E-state index in [1.54, 1.807) is 0 Å². The van der Waals surface area contributed by atoms with Crippen molar-refractivity contribution in [1.29, 1.82) is 0 Å². The standard InChI is InChI=1S/C21H24N2O3.ClH/c24-20-23-14-18(21(26-20)10-12-22-13-11-21)17-8-4-5-9-19(17)25-15-16-6-2-1-3-7-16;/h1-9,18,22H,10-15H2,(H,23,24);1H. The van der Waals surface area contributed by atoms with Gasteiger partial charge < -0.3 is 20.1 Å². The van der Waals surface area contributed by atoms with Crippen molar-refractivity contribution in [2.45, 2.75) is 31.0 Å². The van der Waals surface area contributed by atoms with Gasteiger partial charge in [-0.15, -0.1) is 12.4 Å². The number of halogens is 1. The quantitative estimate of drug-likeness (QED) is 0.839. The molecule has 1 unspecified atom stereocenters. The number of amides is 1. The minimum atomic E-state index is -0.459. The van der Waals surface area contributed by atoms with Crippen molar-refractivity contribution < 1.29 is 14.3 Å². The Bertz CT molecular complexity index is 763. The number of alkyl carbamates (subject to hydrolysis) is 1. The molecule has 144 valence electrons. The van der Waals surface area contributed by atoms with Gasteiger partial charge in [0.1, 0.15) is 18.0 Å². The predicted molar refractivity (Wildman–Crippen MR) is 107 cm³/mol. The number of hydrogen-bond donors (Lipinski definition) is 2. The Morgan fingerprint density at radius 3 is 2.52 bits per heavy atom. The summed E-state index contributed by atoms with van der Waals surface area (Å²) in [4.78, 5) is 11.9. The van der Waals surface area contributed by atoms with Crippen LogP contribution in [-0.2, 0) is 11.3 Å². The zero-order chi connectivity index (χ0) is 17.8. The van der Waals surface area contributed by atoms with Crippen molar-refractivity contribution in [3.8, 4) is 5.75 Å². The molecule has 27 heavy (non-hydrogen) atoms. The van der Waals surface area contributed by atoms with Crippen molar-refractivity contribution in [1.82, 2.24) is 10.6 Å². The van der Waals surface area contributed by atoms with E-state index in [0.717, 1.165) is 42.8 Å². The molecule has 2 fully saturated rings. The number of nitrogens with one attached hydrogen (secondary N) is 2. The normalized spacial score (nSPS) is 20.9. The van der Waals surface area contributed by atoms with Gasteiger partial charge in [0, 0.05) is 30.9 Å². The van der Waals surface area contributed by atoms with E-state index in [0.29, 0.717) is 13.2 Å². The molecule has 2 aliphatic heterocycles. The number of carbonyl (C=O) groups excluding carboxylic acids is 1. The largest absolute Gasteiger partial charge is 0.489 e. The maximum atomic E-state index is 11.9. The van der Waals surface area contributed by atoms with Gasteiger partial charge in [0.05, 0.1) is 0 Å². The van der Waals surface area contributed by atoms with Gasteiger partial charge in [-0.05, 0) is 24.7 Å². The minimum absolute atomic E-state index is 0. The summed E-state index contributed by atoms with van der Waals surface area (Å²) in [5.74, 6) is 0.938. The maximum absolute atomic E-state index is 11.9. The summed E-state index contributed by atoms with van der Waals surface area (Å²) in [6.45, 7) is 2.81. The van der Waals surface area contributed by atoms with Gasteiger partial charge in [-0.1, -0.05) is 48.5 Å². The lowest BCUT2D eigenvalue weighted by Crippen LogP contribution is -2.57. The van der Waals surface area contributed by atoms with Crippen molar-refractivity contribution in [2.24, 2.45) is 0 Å². The van der Waals surface area contributed by atoms with Crippen molar-refractivity contribution in [3.05, 3.63) is 65.7 Å². The van der Waals surface area contributed by atoms with Crippen molar-refractivity contribution in [3.63, 3.8) is 0 Å². The van der Waals surface area contributed by atoms with Gasteiger partial charge in [0.25, 0.3) is 0 Å². The Morgan fingerprint density at radius 1 is 1.04 bits per heavy atom. The van der Waals surface area contributed by atoms with Gasteiger partial charge in [-0.3, -0.25) is 0 Å². The summed E-state index contributed by atoms with van der Waals surface area (Å²) < 4.78 is 12.0. The van der Waals surface area contributed by atoms with Crippen LogP contribution in [0.3, 0.4) is 0 Å². The molecule has 2 aromatic rings. The monoisotopic (exact) mass is 388 g/mol. The molecule has 2 aromatic carbocycles. The van der Waals surface area contributed by atoms with Crippen molar-refractivity contribution in [2.75, 3.05) is 19.6 Å². The summed E-state index contributed by atoms with van der Waals surface area (Å²) in [5.41, 5.74) is 1.78. The highest BCUT2D eigenvalue weighted by Crippen LogP contribution is 2.43. The molecule has 1 amide bonds. The number of rotatable bonds is 4. The lowest BCUT2D eigenvalue weighted by atomic mass is 9.75. The second-order valence-electron chi connectivity index (χ2n) is 6.95. The Hall–Kier alpha value is -2.24. The van der Waals surface area contributed by atoms with Crippen LogP contribution in [0.5, 0.6) is 5.75 Å². The van der Waals surface area contributed by atoms with Gasteiger partial charge in [-0.2, -0.15) is 0 Å². The molecule has 0 aromatic heterocycles. The first-order valence-corrected chi connectivity index (χ1v) is 9.20. The summed E-state index contributed by atoms with van der Waals surface area (Å²) >= 11 is 0. The summed E-state index contributed by atoms with van der Waals surface area (Å²) in [5, 5.41) is 6.23. The van der Waals surface area contributed by atoms with Gasteiger partial charge in [-0.25, -0.2) is 4.79 Å². The highest BCUT2D eigenvalue weighted by Gasteiger charge is 2.47. The molecule has 2 saturated heterocycles. The average molecular weight is 389 g/mol. The number of ether oxygens (including phenoxy) is 2. The number of para-hydroxylation sites is 1. The van der Waals surface area contributed by atoms with E-state index >= 15 is 0 Å². The Balaban J connectivity index is 0.00000210. The number of hydrogen-bond acceptors (Lipinski definition) is 4. The molecule has 0 saturated carbocycles. The Morgan fingerprint density at radius 2 is 1.74 bits per heavy atom. The molecular formula is C21H25ClN2O3. The number of piperidine rings is 1. The number of benzene rings is 2. The first-order valence-electron chi connectivity index (χ1n) is 9.20. The van der Waals surface area contributed by atoms with Crippen LogP contribution in [0, 0.1) is 0 Å². The van der Waals surface area contributed by atoms with Gasteiger partial charge >= 0.3 is 6.09 Å². The van der Waals surface area contributed by atoms with Crippen LogP contribution in [0.2, 0.25) is 0 Å². The SMILES string of the molecule is Cl.O=C1NCC(c2ccccc2OCc2ccccc2)C2(CCNCC2)O1. The first-order chi connectivity index (χ1) is 12.8. The molecule has 2 aliphatic rings. The van der Waals surface area contributed by atoms with Crippen LogP contribution in [0.15, 0.2) is 54.6 Å². The molecule has 0 bridgehead atoms. The van der Waals surface area contributed by atoms with Crippen LogP contribution in [0.4, 0.5) is 4.79 Å². The third-order valence-electron chi connectivity index (χ3n) is 5.36. The van der Waals surface area contributed by atoms with E-state index in [4.69, 9.17) is 9.47 Å². The van der Waals surface area contributed by atoms with Crippen LogP contribution in [0.1, 0.15) is 29.9 Å². The lowest BCUT2D eigenvalue weighted by Gasteiger charge is -2.46. The van der Waals surface area contributed by atoms with E-state index in [-0.39, 0.29) is 24.4 Å². The molecule has 4 rings (SSSR count). The fraction of sp³-hybridized carbons (Fsp3) is 0.381. The molecule has 0 aliphatic carbocycles. The minimum Gasteiger partial charge on any atom is -0.489 e. The van der Waals surface area contributed by atoms with Gasteiger partial charge in [0.15, 0.2) is 0 Å². The highest BCUT2D eigenvalue weighted by atomic mass is 35.5. The maximum Gasteiger partial charge on any atom is 0.407 e. The molecule has 1 spiro atoms. The zero-order valence-electron chi connectivity index (χ0n) is 15.1. The smallest absolute Gasteiger partial charge is 0.407 e. The summed E-state index contributed by atoms with van der Waals surface area (Å²) in [6, 6.07) is 18.2. The topological polar surface area (TPSA) is 59.6 Å². The van der Waals surface area contributed by atoms with E-state index in [1.165, 1.54) is 0 Å².